The molecule has 5 heteroatoms. The highest BCUT2D eigenvalue weighted by molar-refractivity contribution is 5.90. The molecule has 0 unspecified atom stereocenters. The molecular formula is C17H14N2O3. The van der Waals surface area contributed by atoms with Gasteiger partial charge in [0.15, 0.2) is 5.76 Å². The fraction of sp³-hybridized carbons (Fsp3) is 0.0588. The Bertz CT molecular complexity index is 820. The van der Waals surface area contributed by atoms with Gasteiger partial charge in [0.25, 0.3) is 0 Å². The van der Waals surface area contributed by atoms with Crippen molar-refractivity contribution in [1.82, 2.24) is 4.57 Å². The Morgan fingerprint density at radius 3 is 2.32 bits per heavy atom. The van der Waals surface area contributed by atoms with Crippen LogP contribution in [0.4, 0.5) is 5.69 Å². The number of rotatable bonds is 4. The molecule has 110 valence electrons. The molecule has 3 aromatic rings. The first kappa shape index (κ1) is 13.9. The van der Waals surface area contributed by atoms with Crippen LogP contribution in [0.5, 0.6) is 0 Å². The van der Waals surface area contributed by atoms with Gasteiger partial charge in [-0.15, -0.1) is 0 Å². The SMILES string of the molecule is O=C(Cn1cc(-c2ccccc2)oc1=O)Nc1ccccc1. The first-order valence-corrected chi connectivity index (χ1v) is 6.83. The van der Waals surface area contributed by atoms with Gasteiger partial charge in [-0.05, 0) is 12.1 Å². The first-order valence-electron chi connectivity index (χ1n) is 6.83. The minimum atomic E-state index is -0.554. The van der Waals surface area contributed by atoms with E-state index < -0.39 is 5.76 Å². The van der Waals surface area contributed by atoms with E-state index in [0.717, 1.165) is 5.56 Å². The molecule has 2 aromatic carbocycles. The number of nitrogens with one attached hydrogen (secondary N) is 1. The smallest absolute Gasteiger partial charge is 0.408 e. The number of hydrogen-bond acceptors (Lipinski definition) is 3. The van der Waals surface area contributed by atoms with Crippen LogP contribution >= 0.6 is 0 Å². The summed E-state index contributed by atoms with van der Waals surface area (Å²) in [6, 6.07) is 18.4. The summed E-state index contributed by atoms with van der Waals surface area (Å²) < 4.78 is 6.43. The number of nitrogens with zero attached hydrogens (tertiary/aromatic N) is 1. The van der Waals surface area contributed by atoms with Gasteiger partial charge in [-0.1, -0.05) is 48.5 Å². The predicted octanol–water partition coefficient (Wildman–Crippen LogP) is 2.75. The topological polar surface area (TPSA) is 64.2 Å². The zero-order valence-electron chi connectivity index (χ0n) is 11.7. The van der Waals surface area contributed by atoms with Crippen LogP contribution in [-0.2, 0) is 11.3 Å². The van der Waals surface area contributed by atoms with Gasteiger partial charge in [-0.3, -0.25) is 9.36 Å². The molecule has 0 saturated heterocycles. The van der Waals surface area contributed by atoms with E-state index in [1.165, 1.54) is 4.57 Å². The van der Waals surface area contributed by atoms with Gasteiger partial charge in [0.2, 0.25) is 5.91 Å². The van der Waals surface area contributed by atoms with E-state index >= 15 is 0 Å². The number of carbonyl (C=O) groups is 1. The molecule has 0 radical (unpaired) electrons. The van der Waals surface area contributed by atoms with Gasteiger partial charge >= 0.3 is 5.76 Å². The molecule has 1 amide bonds. The van der Waals surface area contributed by atoms with Crippen LogP contribution in [0.25, 0.3) is 11.3 Å². The molecule has 0 atom stereocenters. The number of aromatic nitrogens is 1. The van der Waals surface area contributed by atoms with Crippen LogP contribution in [0.2, 0.25) is 0 Å². The summed E-state index contributed by atoms with van der Waals surface area (Å²) in [6.07, 6.45) is 1.54. The van der Waals surface area contributed by atoms with Crippen molar-refractivity contribution in [3.63, 3.8) is 0 Å². The molecule has 0 aliphatic heterocycles. The van der Waals surface area contributed by atoms with Gasteiger partial charge in [0.1, 0.15) is 6.54 Å². The molecule has 0 saturated carbocycles. The van der Waals surface area contributed by atoms with Crippen molar-refractivity contribution in [3.8, 4) is 11.3 Å². The fourth-order valence-electron chi connectivity index (χ4n) is 2.10. The van der Waals surface area contributed by atoms with Crippen LogP contribution in [-0.4, -0.2) is 10.5 Å². The van der Waals surface area contributed by atoms with Gasteiger partial charge in [0.05, 0.1) is 6.20 Å². The largest absolute Gasteiger partial charge is 0.419 e. The number of para-hydroxylation sites is 1. The molecule has 3 rings (SSSR count). The average molecular weight is 294 g/mol. The Labute approximate surface area is 126 Å². The Balaban J connectivity index is 1.75. The number of oxazole rings is 1. The third kappa shape index (κ3) is 3.15. The number of hydrogen-bond donors (Lipinski definition) is 1. The van der Waals surface area contributed by atoms with Gasteiger partial charge < -0.3 is 9.73 Å². The standard InChI is InChI=1S/C17H14N2O3/c20-16(18-14-9-5-2-6-10-14)12-19-11-15(22-17(19)21)13-7-3-1-4-8-13/h1-11H,12H2,(H,18,20). The fourth-order valence-corrected chi connectivity index (χ4v) is 2.10. The minimum Gasteiger partial charge on any atom is -0.408 e. The molecule has 1 heterocycles. The van der Waals surface area contributed by atoms with E-state index in [-0.39, 0.29) is 12.5 Å². The molecule has 1 N–H and O–H groups in total. The quantitative estimate of drug-likeness (QED) is 0.804. The summed E-state index contributed by atoms with van der Waals surface area (Å²) in [5.74, 6) is -0.395. The van der Waals surface area contributed by atoms with Gasteiger partial charge in [-0.2, -0.15) is 0 Å². The Kier molecular flexibility index (Phi) is 3.87. The molecular weight excluding hydrogens is 280 g/mol. The molecule has 0 bridgehead atoms. The van der Waals surface area contributed by atoms with Gasteiger partial charge in [0, 0.05) is 11.3 Å². The molecule has 5 nitrogen and oxygen atoms in total. The maximum Gasteiger partial charge on any atom is 0.419 e. The Morgan fingerprint density at radius 1 is 1.00 bits per heavy atom. The molecule has 0 fully saturated rings. The van der Waals surface area contributed by atoms with Crippen molar-refractivity contribution in [3.05, 3.63) is 77.4 Å². The maximum atomic E-state index is 12.0. The summed E-state index contributed by atoms with van der Waals surface area (Å²) >= 11 is 0. The number of amides is 1. The Hall–Kier alpha value is -3.08. The molecule has 22 heavy (non-hydrogen) atoms. The highest BCUT2D eigenvalue weighted by Gasteiger charge is 2.11. The molecule has 0 spiro atoms. The van der Waals surface area contributed by atoms with Crippen molar-refractivity contribution in [1.29, 1.82) is 0 Å². The zero-order valence-corrected chi connectivity index (χ0v) is 11.7. The normalized spacial score (nSPS) is 10.4. The second kappa shape index (κ2) is 6.13. The summed E-state index contributed by atoms with van der Waals surface area (Å²) in [5, 5.41) is 2.73. The number of anilines is 1. The average Bonchev–Trinajstić information content (AvgIpc) is 2.90. The Morgan fingerprint density at radius 2 is 1.64 bits per heavy atom. The van der Waals surface area contributed by atoms with Gasteiger partial charge in [-0.25, -0.2) is 4.79 Å². The summed E-state index contributed by atoms with van der Waals surface area (Å²) in [7, 11) is 0. The lowest BCUT2D eigenvalue weighted by Gasteiger charge is -2.04. The zero-order chi connectivity index (χ0) is 15.4. The summed E-state index contributed by atoms with van der Waals surface area (Å²) in [5.41, 5.74) is 1.48. The van der Waals surface area contributed by atoms with Crippen molar-refractivity contribution >= 4 is 11.6 Å². The number of benzene rings is 2. The summed E-state index contributed by atoms with van der Waals surface area (Å²) in [6.45, 7) is -0.0932. The summed E-state index contributed by atoms with van der Waals surface area (Å²) in [4.78, 5) is 23.8. The highest BCUT2D eigenvalue weighted by atomic mass is 16.4. The third-order valence-electron chi connectivity index (χ3n) is 3.13. The monoisotopic (exact) mass is 294 g/mol. The second-order valence-corrected chi connectivity index (χ2v) is 4.77. The highest BCUT2D eigenvalue weighted by Crippen LogP contribution is 2.17. The van der Waals surface area contributed by atoms with E-state index in [9.17, 15) is 9.59 Å². The van der Waals surface area contributed by atoms with E-state index in [2.05, 4.69) is 5.32 Å². The van der Waals surface area contributed by atoms with Crippen molar-refractivity contribution in [2.45, 2.75) is 6.54 Å². The lowest BCUT2D eigenvalue weighted by atomic mass is 10.2. The number of carbonyl (C=O) groups excluding carboxylic acids is 1. The van der Waals surface area contributed by atoms with Crippen LogP contribution in [0, 0.1) is 0 Å². The third-order valence-corrected chi connectivity index (χ3v) is 3.13. The van der Waals surface area contributed by atoms with Crippen LogP contribution in [0.1, 0.15) is 0 Å². The maximum absolute atomic E-state index is 12.0. The van der Waals surface area contributed by atoms with E-state index in [0.29, 0.717) is 11.4 Å². The predicted molar refractivity (Wildman–Crippen MR) is 83.5 cm³/mol. The minimum absolute atomic E-state index is 0.0932. The first-order chi connectivity index (χ1) is 10.7. The molecule has 1 aromatic heterocycles. The van der Waals surface area contributed by atoms with Crippen molar-refractivity contribution in [2.75, 3.05) is 5.32 Å². The lowest BCUT2D eigenvalue weighted by Crippen LogP contribution is -2.24. The molecule has 0 aliphatic rings. The van der Waals surface area contributed by atoms with E-state index in [4.69, 9.17) is 4.42 Å². The van der Waals surface area contributed by atoms with Crippen molar-refractivity contribution in [2.24, 2.45) is 0 Å². The van der Waals surface area contributed by atoms with Crippen LogP contribution in [0.3, 0.4) is 0 Å². The second-order valence-electron chi connectivity index (χ2n) is 4.77. The van der Waals surface area contributed by atoms with Crippen molar-refractivity contribution < 1.29 is 9.21 Å². The molecule has 0 aliphatic carbocycles. The van der Waals surface area contributed by atoms with Crippen LogP contribution in [0.15, 0.2) is 76.1 Å². The van der Waals surface area contributed by atoms with Crippen LogP contribution < -0.4 is 11.1 Å². The lowest BCUT2D eigenvalue weighted by molar-refractivity contribution is -0.116. The van der Waals surface area contributed by atoms with E-state index in [1.807, 2.05) is 48.5 Å². The van der Waals surface area contributed by atoms with E-state index in [1.54, 1.807) is 18.3 Å².